The minimum absolute atomic E-state index is 0.0611. The van der Waals surface area contributed by atoms with Gasteiger partial charge in [0.25, 0.3) is 0 Å². The lowest BCUT2D eigenvalue weighted by Crippen LogP contribution is -2.09. The van der Waals surface area contributed by atoms with Gasteiger partial charge in [-0.15, -0.1) is 0 Å². The van der Waals surface area contributed by atoms with Gasteiger partial charge in [-0.25, -0.2) is 14.8 Å². The number of carboxylic acid groups (broad SMARTS) is 1. The van der Waals surface area contributed by atoms with Crippen LogP contribution in [0.1, 0.15) is 37.0 Å². The third-order valence-electron chi connectivity index (χ3n) is 2.28. The van der Waals surface area contributed by atoms with Crippen LogP contribution in [0, 0.1) is 12.8 Å². The molecule has 0 aliphatic carbocycles. The highest BCUT2D eigenvalue weighted by atomic mass is 32.2. The molecule has 1 N–H and O–H groups in total. The van der Waals surface area contributed by atoms with Crippen LogP contribution in [0.25, 0.3) is 0 Å². The lowest BCUT2D eigenvalue weighted by molar-refractivity contribution is 0.0689. The van der Waals surface area contributed by atoms with Crippen LogP contribution >= 0.6 is 11.8 Å². The van der Waals surface area contributed by atoms with Gasteiger partial charge >= 0.3 is 5.97 Å². The number of nitrogens with zero attached hydrogens (tertiary/aromatic N) is 2. The molecule has 0 saturated heterocycles. The molecule has 0 aliphatic heterocycles. The first-order chi connectivity index (χ1) is 7.40. The van der Waals surface area contributed by atoms with E-state index in [1.165, 1.54) is 17.8 Å². The number of rotatable bonds is 4. The quantitative estimate of drug-likeness (QED) is 0.647. The Morgan fingerprint density at radius 2 is 2.00 bits per heavy atom. The Morgan fingerprint density at radius 1 is 1.38 bits per heavy atom. The molecule has 0 aliphatic rings. The smallest absolute Gasteiger partial charge is 0.354 e. The number of thioether (sulfide) groups is 1. The van der Waals surface area contributed by atoms with Crippen LogP contribution in [-0.4, -0.2) is 26.3 Å². The van der Waals surface area contributed by atoms with Crippen molar-refractivity contribution in [3.63, 3.8) is 0 Å². The second kappa shape index (κ2) is 5.30. The number of carboxylic acids is 1. The maximum absolute atomic E-state index is 10.8. The summed E-state index contributed by atoms with van der Waals surface area (Å²) < 4.78 is 0. The summed E-state index contributed by atoms with van der Waals surface area (Å²) in [6.45, 7) is 8.09. The molecule has 0 fully saturated rings. The summed E-state index contributed by atoms with van der Waals surface area (Å²) >= 11 is 1.51. The molecule has 88 valence electrons. The second-order valence-electron chi connectivity index (χ2n) is 4.05. The van der Waals surface area contributed by atoms with Crippen molar-refractivity contribution in [1.82, 2.24) is 9.97 Å². The summed E-state index contributed by atoms with van der Waals surface area (Å²) in [6.07, 6.45) is 0. The molecule has 0 aromatic carbocycles. The number of aryl methyl sites for hydroxylation is 1. The number of hydrogen-bond acceptors (Lipinski definition) is 4. The maximum Gasteiger partial charge on any atom is 0.354 e. The van der Waals surface area contributed by atoms with Crippen LogP contribution < -0.4 is 0 Å². The van der Waals surface area contributed by atoms with Crippen LogP contribution in [0.4, 0.5) is 0 Å². The topological polar surface area (TPSA) is 63.1 Å². The number of aromatic carboxylic acids is 1. The summed E-state index contributed by atoms with van der Waals surface area (Å²) in [6, 6.07) is 1.48. The third-order valence-corrected chi connectivity index (χ3v) is 3.59. The predicted octanol–water partition coefficient (Wildman–Crippen LogP) is 2.62. The van der Waals surface area contributed by atoms with E-state index in [0.29, 0.717) is 22.0 Å². The van der Waals surface area contributed by atoms with Crippen LogP contribution in [0.15, 0.2) is 11.2 Å². The fraction of sp³-hybridized carbons (Fsp3) is 0.545. The SMILES string of the molecule is Cc1cc(C(=O)O)nc(SC(C)C(C)C)n1. The standard InChI is InChI=1S/C11H16N2O2S/c1-6(2)8(4)16-11-12-7(3)5-9(13-11)10(14)15/h5-6,8H,1-4H3,(H,14,15). The van der Waals surface area contributed by atoms with Crippen molar-refractivity contribution in [2.24, 2.45) is 5.92 Å². The summed E-state index contributed by atoms with van der Waals surface area (Å²) in [7, 11) is 0. The van der Waals surface area contributed by atoms with Gasteiger partial charge in [-0.2, -0.15) is 0 Å². The second-order valence-corrected chi connectivity index (χ2v) is 5.39. The molecule has 1 aromatic rings. The summed E-state index contributed by atoms with van der Waals surface area (Å²) in [5.41, 5.74) is 0.747. The Hall–Kier alpha value is -1.10. The van der Waals surface area contributed by atoms with Gasteiger partial charge in [-0.05, 0) is 18.9 Å². The molecule has 1 heterocycles. The predicted molar refractivity (Wildman–Crippen MR) is 63.9 cm³/mol. The zero-order valence-electron chi connectivity index (χ0n) is 9.89. The van der Waals surface area contributed by atoms with E-state index < -0.39 is 5.97 Å². The van der Waals surface area contributed by atoms with Crippen molar-refractivity contribution in [1.29, 1.82) is 0 Å². The van der Waals surface area contributed by atoms with E-state index in [9.17, 15) is 4.79 Å². The van der Waals surface area contributed by atoms with Crippen LogP contribution in [0.5, 0.6) is 0 Å². The molecule has 4 nitrogen and oxygen atoms in total. The van der Waals surface area contributed by atoms with Crippen LogP contribution in [-0.2, 0) is 0 Å². The molecule has 5 heteroatoms. The zero-order valence-corrected chi connectivity index (χ0v) is 10.7. The number of carbonyl (C=O) groups is 1. The van der Waals surface area contributed by atoms with Crippen molar-refractivity contribution in [2.75, 3.05) is 0 Å². The minimum Gasteiger partial charge on any atom is -0.477 e. The largest absolute Gasteiger partial charge is 0.477 e. The molecular formula is C11H16N2O2S. The van der Waals surface area contributed by atoms with Crippen molar-refractivity contribution in [2.45, 2.75) is 38.1 Å². The molecule has 1 atom stereocenters. The van der Waals surface area contributed by atoms with E-state index in [1.54, 1.807) is 6.92 Å². The van der Waals surface area contributed by atoms with Crippen molar-refractivity contribution < 1.29 is 9.90 Å². The van der Waals surface area contributed by atoms with Crippen molar-refractivity contribution in [3.8, 4) is 0 Å². The van der Waals surface area contributed by atoms with Gasteiger partial charge in [0.1, 0.15) is 0 Å². The highest BCUT2D eigenvalue weighted by Crippen LogP contribution is 2.25. The summed E-state index contributed by atoms with van der Waals surface area (Å²) in [4.78, 5) is 19.1. The minimum atomic E-state index is -1.01. The van der Waals surface area contributed by atoms with E-state index in [0.717, 1.165) is 0 Å². The molecule has 1 rings (SSSR count). The first kappa shape index (κ1) is 13.0. The lowest BCUT2D eigenvalue weighted by atomic mass is 10.2. The molecular weight excluding hydrogens is 224 g/mol. The van der Waals surface area contributed by atoms with Gasteiger partial charge < -0.3 is 5.11 Å². The van der Waals surface area contributed by atoms with Gasteiger partial charge in [0.2, 0.25) is 0 Å². The Labute approximate surface area is 99.5 Å². The van der Waals surface area contributed by atoms with Gasteiger partial charge in [0.05, 0.1) is 0 Å². The highest BCUT2D eigenvalue weighted by molar-refractivity contribution is 7.99. The van der Waals surface area contributed by atoms with Gasteiger partial charge in [-0.1, -0.05) is 32.5 Å². The first-order valence-electron chi connectivity index (χ1n) is 5.15. The molecule has 1 unspecified atom stereocenters. The van der Waals surface area contributed by atoms with E-state index in [2.05, 4.69) is 30.7 Å². The van der Waals surface area contributed by atoms with Crippen LogP contribution in [0.3, 0.4) is 0 Å². The summed E-state index contributed by atoms with van der Waals surface area (Å²) in [5, 5.41) is 9.78. The van der Waals surface area contributed by atoms with E-state index in [4.69, 9.17) is 5.11 Å². The normalized spacial score (nSPS) is 12.8. The first-order valence-corrected chi connectivity index (χ1v) is 6.03. The molecule has 16 heavy (non-hydrogen) atoms. The Balaban J connectivity index is 2.92. The Morgan fingerprint density at radius 3 is 2.50 bits per heavy atom. The van der Waals surface area contributed by atoms with Crippen molar-refractivity contribution >= 4 is 17.7 Å². The molecule has 0 bridgehead atoms. The van der Waals surface area contributed by atoms with E-state index in [-0.39, 0.29) is 5.69 Å². The van der Waals surface area contributed by atoms with E-state index in [1.807, 2.05) is 0 Å². The monoisotopic (exact) mass is 240 g/mol. The maximum atomic E-state index is 10.8. The average Bonchev–Trinajstić information content (AvgIpc) is 2.16. The molecule has 0 spiro atoms. The fourth-order valence-electron chi connectivity index (χ4n) is 1.01. The van der Waals surface area contributed by atoms with Gasteiger partial charge in [0, 0.05) is 10.9 Å². The van der Waals surface area contributed by atoms with Gasteiger partial charge in [0.15, 0.2) is 10.9 Å². The Bertz CT molecular complexity index is 394. The average molecular weight is 240 g/mol. The molecule has 0 saturated carbocycles. The van der Waals surface area contributed by atoms with Gasteiger partial charge in [-0.3, -0.25) is 0 Å². The third kappa shape index (κ3) is 3.48. The number of aromatic nitrogens is 2. The number of hydrogen-bond donors (Lipinski definition) is 1. The lowest BCUT2D eigenvalue weighted by Gasteiger charge is -2.13. The summed E-state index contributed by atoms with van der Waals surface area (Å²) in [5.74, 6) is -0.507. The molecule has 1 aromatic heterocycles. The molecule has 0 radical (unpaired) electrons. The highest BCUT2D eigenvalue weighted by Gasteiger charge is 2.14. The van der Waals surface area contributed by atoms with Crippen molar-refractivity contribution in [3.05, 3.63) is 17.5 Å². The van der Waals surface area contributed by atoms with Crippen LogP contribution in [0.2, 0.25) is 0 Å². The Kier molecular flexibility index (Phi) is 4.29. The fourth-order valence-corrected chi connectivity index (χ4v) is 1.96. The van der Waals surface area contributed by atoms with E-state index >= 15 is 0 Å². The zero-order chi connectivity index (χ0) is 12.3. The molecule has 0 amide bonds.